The van der Waals surface area contributed by atoms with Crippen molar-refractivity contribution in [2.24, 2.45) is 4.99 Å². The van der Waals surface area contributed by atoms with Gasteiger partial charge in [0, 0.05) is 59.2 Å². The molecule has 0 fully saturated rings. The van der Waals surface area contributed by atoms with Gasteiger partial charge < -0.3 is 24.8 Å². The van der Waals surface area contributed by atoms with Crippen LogP contribution in [0.3, 0.4) is 0 Å². The highest BCUT2D eigenvalue weighted by Gasteiger charge is 2.01. The lowest BCUT2D eigenvalue weighted by atomic mass is 10.2. The van der Waals surface area contributed by atoms with Gasteiger partial charge in [-0.05, 0) is 31.4 Å². The third-order valence-electron chi connectivity index (χ3n) is 3.40. The van der Waals surface area contributed by atoms with Gasteiger partial charge in [0.05, 0.1) is 6.61 Å². The molecule has 0 saturated carbocycles. The Hall–Kier alpha value is -1.06. The molecule has 1 rings (SSSR count). The number of benzene rings is 1. The van der Waals surface area contributed by atoms with Gasteiger partial charge in [-0.1, -0.05) is 6.07 Å². The molecular formula is C18H32IN3O3. The van der Waals surface area contributed by atoms with Crippen molar-refractivity contribution in [1.29, 1.82) is 0 Å². The third-order valence-corrected chi connectivity index (χ3v) is 3.40. The average molecular weight is 465 g/mol. The number of aliphatic imine (C=N–C) groups is 1. The number of anilines is 1. The lowest BCUT2D eigenvalue weighted by Crippen LogP contribution is -2.31. The van der Waals surface area contributed by atoms with Crippen LogP contribution in [0, 0.1) is 0 Å². The number of hydrogen-bond donors (Lipinski definition) is 2. The first-order chi connectivity index (χ1) is 11.8. The Labute approximate surface area is 168 Å². The quantitative estimate of drug-likeness (QED) is 0.214. The average Bonchev–Trinajstić information content (AvgIpc) is 2.61. The Bertz CT molecular complexity index is 473. The third kappa shape index (κ3) is 12.0. The van der Waals surface area contributed by atoms with E-state index >= 15 is 0 Å². The molecular weight excluding hydrogens is 433 g/mol. The van der Waals surface area contributed by atoms with Crippen LogP contribution in [-0.2, 0) is 9.47 Å². The maximum atomic E-state index is 5.71. The summed E-state index contributed by atoms with van der Waals surface area (Å²) in [6, 6.07) is 7.88. The molecule has 0 unspecified atom stereocenters. The number of guanidine groups is 1. The van der Waals surface area contributed by atoms with Gasteiger partial charge in [0.25, 0.3) is 0 Å². The second-order valence-corrected chi connectivity index (χ2v) is 5.40. The van der Waals surface area contributed by atoms with Crippen LogP contribution in [0.25, 0.3) is 0 Å². The van der Waals surface area contributed by atoms with Crippen molar-refractivity contribution in [3.63, 3.8) is 0 Å². The molecule has 7 heteroatoms. The first-order valence-corrected chi connectivity index (χ1v) is 8.48. The lowest BCUT2D eigenvalue weighted by molar-refractivity contribution is 0.172. The Kier molecular flexibility index (Phi) is 15.7. The number of halogens is 1. The van der Waals surface area contributed by atoms with Crippen molar-refractivity contribution < 1.29 is 14.2 Å². The number of nitrogens with one attached hydrogen (secondary N) is 2. The van der Waals surface area contributed by atoms with E-state index in [1.165, 1.54) is 0 Å². The Morgan fingerprint density at radius 1 is 1.00 bits per heavy atom. The molecule has 1 aromatic carbocycles. The van der Waals surface area contributed by atoms with E-state index in [2.05, 4.69) is 15.6 Å². The summed E-state index contributed by atoms with van der Waals surface area (Å²) in [5.74, 6) is 1.60. The summed E-state index contributed by atoms with van der Waals surface area (Å²) in [5, 5.41) is 6.60. The van der Waals surface area contributed by atoms with Crippen LogP contribution in [0.5, 0.6) is 5.75 Å². The minimum absolute atomic E-state index is 0. The Morgan fingerprint density at radius 2 is 1.76 bits per heavy atom. The fraction of sp³-hybridized carbons (Fsp3) is 0.611. The van der Waals surface area contributed by atoms with E-state index < -0.39 is 0 Å². The molecule has 25 heavy (non-hydrogen) atoms. The molecule has 0 aliphatic rings. The number of unbranched alkanes of at least 4 members (excludes halogenated alkanes) is 2. The van der Waals surface area contributed by atoms with Crippen molar-refractivity contribution in [3.8, 4) is 5.75 Å². The van der Waals surface area contributed by atoms with Crippen LogP contribution in [0.1, 0.15) is 25.7 Å². The van der Waals surface area contributed by atoms with Crippen LogP contribution < -0.4 is 15.4 Å². The van der Waals surface area contributed by atoms with Crippen molar-refractivity contribution in [1.82, 2.24) is 5.32 Å². The van der Waals surface area contributed by atoms with Crippen molar-refractivity contribution in [2.75, 3.05) is 52.9 Å². The van der Waals surface area contributed by atoms with Gasteiger partial charge in [-0.25, -0.2) is 0 Å². The predicted molar refractivity (Wildman–Crippen MR) is 115 cm³/mol. The Balaban J connectivity index is 0.00000576. The standard InChI is InChI=1S/C18H31N3O3.HI/c1-19-18(20-11-5-4-6-12-22-2)21-16-9-7-10-17(15-16)24-14-8-13-23-3;/h7,9-10,15H,4-6,8,11-14H2,1-3H3,(H2,19,20,21);1H. The maximum absolute atomic E-state index is 5.71. The fourth-order valence-electron chi connectivity index (χ4n) is 2.13. The van der Waals surface area contributed by atoms with Crippen LogP contribution >= 0.6 is 24.0 Å². The SMILES string of the molecule is CN=C(NCCCCCOC)Nc1cccc(OCCCOC)c1.I. The van der Waals surface area contributed by atoms with Crippen LogP contribution in [0.15, 0.2) is 29.3 Å². The molecule has 0 spiro atoms. The Morgan fingerprint density at radius 3 is 2.48 bits per heavy atom. The monoisotopic (exact) mass is 465 g/mol. The molecule has 0 heterocycles. The minimum atomic E-state index is 0. The molecule has 0 aliphatic carbocycles. The molecule has 1 aromatic rings. The number of rotatable bonds is 12. The number of methoxy groups -OCH3 is 2. The first-order valence-electron chi connectivity index (χ1n) is 8.48. The topological polar surface area (TPSA) is 64.1 Å². The van der Waals surface area contributed by atoms with Crippen molar-refractivity contribution in [2.45, 2.75) is 25.7 Å². The van der Waals surface area contributed by atoms with Crippen molar-refractivity contribution in [3.05, 3.63) is 24.3 Å². The number of ether oxygens (including phenoxy) is 3. The van der Waals surface area contributed by atoms with Crippen molar-refractivity contribution >= 4 is 35.6 Å². The van der Waals surface area contributed by atoms with Gasteiger partial charge in [-0.2, -0.15) is 0 Å². The molecule has 0 atom stereocenters. The van der Waals surface area contributed by atoms with E-state index in [9.17, 15) is 0 Å². The van der Waals surface area contributed by atoms with Crippen LogP contribution in [0.2, 0.25) is 0 Å². The van der Waals surface area contributed by atoms with Gasteiger partial charge in [0.15, 0.2) is 5.96 Å². The highest BCUT2D eigenvalue weighted by molar-refractivity contribution is 14.0. The lowest BCUT2D eigenvalue weighted by Gasteiger charge is -2.13. The van der Waals surface area contributed by atoms with E-state index in [-0.39, 0.29) is 24.0 Å². The summed E-state index contributed by atoms with van der Waals surface area (Å²) in [7, 11) is 5.20. The smallest absolute Gasteiger partial charge is 0.195 e. The molecule has 0 aromatic heterocycles. The second kappa shape index (κ2) is 16.4. The summed E-state index contributed by atoms with van der Waals surface area (Å²) in [6.45, 7) is 3.06. The van der Waals surface area contributed by atoms with Crippen LogP contribution in [-0.4, -0.2) is 53.6 Å². The molecule has 144 valence electrons. The molecule has 6 nitrogen and oxygen atoms in total. The zero-order chi connectivity index (χ0) is 17.5. The second-order valence-electron chi connectivity index (χ2n) is 5.40. The first kappa shape index (κ1) is 23.9. The summed E-state index contributed by atoms with van der Waals surface area (Å²) in [6.07, 6.45) is 4.20. The number of nitrogens with zero attached hydrogens (tertiary/aromatic N) is 1. The van der Waals surface area contributed by atoms with E-state index in [0.717, 1.165) is 56.2 Å². The molecule has 0 aliphatic heterocycles. The molecule has 0 radical (unpaired) electrons. The largest absolute Gasteiger partial charge is 0.493 e. The predicted octanol–water partition coefficient (Wildman–Crippen LogP) is 3.52. The molecule has 2 N–H and O–H groups in total. The van der Waals surface area contributed by atoms with Gasteiger partial charge in [0.1, 0.15) is 5.75 Å². The molecule has 0 amide bonds. The van der Waals surface area contributed by atoms with Gasteiger partial charge >= 0.3 is 0 Å². The number of hydrogen-bond acceptors (Lipinski definition) is 4. The highest BCUT2D eigenvalue weighted by atomic mass is 127. The van der Waals surface area contributed by atoms with Crippen LogP contribution in [0.4, 0.5) is 5.69 Å². The zero-order valence-electron chi connectivity index (χ0n) is 15.5. The normalized spacial score (nSPS) is 10.9. The van der Waals surface area contributed by atoms with E-state index in [4.69, 9.17) is 14.2 Å². The summed E-state index contributed by atoms with van der Waals surface area (Å²) in [4.78, 5) is 4.25. The van der Waals surface area contributed by atoms with E-state index in [1.807, 2.05) is 24.3 Å². The fourth-order valence-corrected chi connectivity index (χ4v) is 2.13. The van der Waals surface area contributed by atoms with Gasteiger partial charge in [-0.15, -0.1) is 24.0 Å². The maximum Gasteiger partial charge on any atom is 0.195 e. The van der Waals surface area contributed by atoms with E-state index in [1.54, 1.807) is 21.3 Å². The minimum Gasteiger partial charge on any atom is -0.493 e. The van der Waals surface area contributed by atoms with Gasteiger partial charge in [-0.3, -0.25) is 4.99 Å². The van der Waals surface area contributed by atoms with E-state index in [0.29, 0.717) is 13.2 Å². The molecule has 0 bridgehead atoms. The summed E-state index contributed by atoms with van der Waals surface area (Å²) in [5.41, 5.74) is 0.951. The summed E-state index contributed by atoms with van der Waals surface area (Å²) < 4.78 is 15.8. The summed E-state index contributed by atoms with van der Waals surface area (Å²) >= 11 is 0. The molecule has 0 saturated heterocycles. The zero-order valence-corrected chi connectivity index (χ0v) is 17.9. The van der Waals surface area contributed by atoms with Gasteiger partial charge in [0.2, 0.25) is 0 Å². The highest BCUT2D eigenvalue weighted by Crippen LogP contribution is 2.17.